The van der Waals surface area contributed by atoms with Gasteiger partial charge in [-0.05, 0) is 84.5 Å². The van der Waals surface area contributed by atoms with Crippen LogP contribution in [0.15, 0.2) is 59.7 Å². The number of hydrazone groups is 1. The Hall–Kier alpha value is -2.12. The molecule has 2 aromatic carbocycles. The predicted octanol–water partition coefficient (Wildman–Crippen LogP) is 5.04. The van der Waals surface area contributed by atoms with Gasteiger partial charge in [0.25, 0.3) is 0 Å². The van der Waals surface area contributed by atoms with Crippen molar-refractivity contribution in [1.29, 1.82) is 0 Å². The van der Waals surface area contributed by atoms with Gasteiger partial charge in [0, 0.05) is 31.2 Å². The number of carbonyl (C=O) groups is 1. The van der Waals surface area contributed by atoms with Gasteiger partial charge in [-0.15, -0.1) is 0 Å². The van der Waals surface area contributed by atoms with Crippen molar-refractivity contribution in [2.24, 2.45) is 5.10 Å². The van der Waals surface area contributed by atoms with Gasteiger partial charge in [0.1, 0.15) is 0 Å². The highest BCUT2D eigenvalue weighted by molar-refractivity contribution is 14.1. The summed E-state index contributed by atoms with van der Waals surface area (Å²) in [5, 5.41) is 4.77. The van der Waals surface area contributed by atoms with Gasteiger partial charge >= 0.3 is 0 Å². The Balaban J connectivity index is 1.68. The van der Waals surface area contributed by atoms with Crippen LogP contribution < -0.4 is 5.43 Å². The zero-order valence-electron chi connectivity index (χ0n) is 15.0. The van der Waals surface area contributed by atoms with Crippen LogP contribution in [0, 0.1) is 17.4 Å². The summed E-state index contributed by atoms with van der Waals surface area (Å²) in [5.74, 6) is -0.167. The summed E-state index contributed by atoms with van der Waals surface area (Å²) in [4.78, 5) is 12.0. The normalized spacial score (nSPS) is 11.1. The van der Waals surface area contributed by atoms with Crippen LogP contribution in [-0.4, -0.2) is 16.7 Å². The van der Waals surface area contributed by atoms with E-state index in [2.05, 4.69) is 74.9 Å². The fraction of sp³-hybridized carbons (Fsp3) is 0.143. The first kappa shape index (κ1) is 19.6. The third-order valence-electron chi connectivity index (χ3n) is 4.23. The van der Waals surface area contributed by atoms with E-state index in [1.54, 1.807) is 18.3 Å². The number of rotatable bonds is 5. The van der Waals surface area contributed by atoms with Crippen LogP contribution in [0.5, 0.6) is 0 Å². The van der Waals surface area contributed by atoms with E-state index in [1.165, 1.54) is 3.57 Å². The van der Waals surface area contributed by atoms with Crippen molar-refractivity contribution in [2.75, 3.05) is 0 Å². The van der Waals surface area contributed by atoms with E-state index in [0.717, 1.165) is 28.2 Å². The molecular formula is C21H19ClIN3O. The molecule has 0 atom stereocenters. The summed E-state index contributed by atoms with van der Waals surface area (Å²) >= 11 is 8.15. The molecule has 0 spiro atoms. The van der Waals surface area contributed by atoms with Crippen molar-refractivity contribution in [1.82, 2.24) is 9.99 Å². The van der Waals surface area contributed by atoms with Crippen molar-refractivity contribution in [2.45, 2.75) is 20.3 Å². The molecule has 1 amide bonds. The summed E-state index contributed by atoms with van der Waals surface area (Å²) in [6, 6.07) is 17.6. The third kappa shape index (κ3) is 4.99. The first-order valence-electron chi connectivity index (χ1n) is 8.45. The Morgan fingerprint density at radius 2 is 1.81 bits per heavy atom. The summed E-state index contributed by atoms with van der Waals surface area (Å²) < 4.78 is 3.37. The molecule has 0 saturated carbocycles. The van der Waals surface area contributed by atoms with Gasteiger partial charge in [-0.25, -0.2) is 5.43 Å². The van der Waals surface area contributed by atoms with Crippen molar-refractivity contribution < 1.29 is 4.79 Å². The Morgan fingerprint density at radius 3 is 2.48 bits per heavy atom. The van der Waals surface area contributed by atoms with Gasteiger partial charge in [0.05, 0.1) is 12.6 Å². The minimum absolute atomic E-state index is 0.167. The maximum atomic E-state index is 12.0. The maximum absolute atomic E-state index is 12.0. The standard InChI is InChI=1S/C21H19ClIN3O/c1-14-11-17(15(2)26(14)20-9-7-19(23)8-10-20)13-24-25-21(27)12-16-3-5-18(22)6-4-16/h3-11,13H,12H2,1-2H3,(H,25,27)/b24-13-. The molecule has 4 nitrogen and oxygen atoms in total. The molecule has 0 aliphatic rings. The molecule has 0 aliphatic heterocycles. The Bertz CT molecular complexity index is 976. The van der Waals surface area contributed by atoms with Crippen LogP contribution in [0.25, 0.3) is 5.69 Å². The van der Waals surface area contributed by atoms with Gasteiger partial charge in [-0.3, -0.25) is 4.79 Å². The third-order valence-corrected chi connectivity index (χ3v) is 5.20. The predicted molar refractivity (Wildman–Crippen MR) is 119 cm³/mol. The molecule has 6 heteroatoms. The van der Waals surface area contributed by atoms with Crippen LogP contribution in [0.1, 0.15) is 22.5 Å². The second-order valence-electron chi connectivity index (χ2n) is 6.23. The monoisotopic (exact) mass is 491 g/mol. The number of aromatic nitrogens is 1. The van der Waals surface area contributed by atoms with E-state index in [9.17, 15) is 4.79 Å². The Morgan fingerprint density at radius 1 is 1.15 bits per heavy atom. The van der Waals surface area contributed by atoms with E-state index in [0.29, 0.717) is 5.02 Å². The molecule has 3 aromatic rings. The number of hydrogen-bond acceptors (Lipinski definition) is 2. The fourth-order valence-electron chi connectivity index (χ4n) is 2.91. The molecule has 0 aliphatic carbocycles. The lowest BCUT2D eigenvalue weighted by Gasteiger charge is -2.09. The molecule has 27 heavy (non-hydrogen) atoms. The molecule has 1 aromatic heterocycles. The van der Waals surface area contributed by atoms with Crippen LogP contribution in [-0.2, 0) is 11.2 Å². The molecule has 0 radical (unpaired) electrons. The number of carbonyl (C=O) groups excluding carboxylic acids is 1. The highest BCUT2D eigenvalue weighted by atomic mass is 127. The Kier molecular flexibility index (Phi) is 6.34. The zero-order chi connectivity index (χ0) is 19.4. The average molecular weight is 492 g/mol. The van der Waals surface area contributed by atoms with Crippen LogP contribution in [0.2, 0.25) is 5.02 Å². The van der Waals surface area contributed by atoms with E-state index in [1.807, 2.05) is 19.1 Å². The topological polar surface area (TPSA) is 46.4 Å². The number of aryl methyl sites for hydroxylation is 1. The lowest BCUT2D eigenvalue weighted by Crippen LogP contribution is -2.19. The summed E-state index contributed by atoms with van der Waals surface area (Å²) in [6.07, 6.45) is 1.95. The molecular weight excluding hydrogens is 473 g/mol. The van der Waals surface area contributed by atoms with Crippen molar-refractivity contribution in [3.05, 3.63) is 85.7 Å². The number of halogens is 2. The maximum Gasteiger partial charge on any atom is 0.244 e. The van der Waals surface area contributed by atoms with Crippen LogP contribution in [0.4, 0.5) is 0 Å². The highest BCUT2D eigenvalue weighted by Crippen LogP contribution is 2.20. The number of nitrogens with zero attached hydrogens (tertiary/aromatic N) is 2. The lowest BCUT2D eigenvalue weighted by atomic mass is 10.1. The molecule has 0 unspecified atom stereocenters. The van der Waals surface area contributed by atoms with E-state index >= 15 is 0 Å². The number of hydrogen-bond donors (Lipinski definition) is 1. The number of amides is 1. The zero-order valence-corrected chi connectivity index (χ0v) is 18.0. The summed E-state index contributed by atoms with van der Waals surface area (Å²) in [7, 11) is 0. The summed E-state index contributed by atoms with van der Waals surface area (Å²) in [5.41, 5.74) is 7.74. The van der Waals surface area contributed by atoms with E-state index in [4.69, 9.17) is 11.6 Å². The minimum Gasteiger partial charge on any atom is -0.318 e. The molecule has 3 rings (SSSR count). The largest absolute Gasteiger partial charge is 0.318 e. The molecule has 0 saturated heterocycles. The van der Waals surface area contributed by atoms with Crippen molar-refractivity contribution >= 4 is 46.3 Å². The molecule has 138 valence electrons. The van der Waals surface area contributed by atoms with Crippen molar-refractivity contribution in [3.63, 3.8) is 0 Å². The first-order chi connectivity index (χ1) is 12.9. The highest BCUT2D eigenvalue weighted by Gasteiger charge is 2.09. The van der Waals surface area contributed by atoms with Gasteiger partial charge in [-0.1, -0.05) is 23.7 Å². The van der Waals surface area contributed by atoms with E-state index < -0.39 is 0 Å². The van der Waals surface area contributed by atoms with E-state index in [-0.39, 0.29) is 12.3 Å². The van der Waals surface area contributed by atoms with Gasteiger partial charge < -0.3 is 4.57 Å². The molecule has 0 bridgehead atoms. The fourth-order valence-corrected chi connectivity index (χ4v) is 3.39. The van der Waals surface area contributed by atoms with Gasteiger partial charge in [-0.2, -0.15) is 5.10 Å². The quantitative estimate of drug-likeness (QED) is 0.303. The minimum atomic E-state index is -0.167. The average Bonchev–Trinajstić information content (AvgIpc) is 2.92. The van der Waals surface area contributed by atoms with Crippen LogP contribution in [0.3, 0.4) is 0 Å². The Labute approximate surface area is 177 Å². The second kappa shape index (κ2) is 8.71. The second-order valence-corrected chi connectivity index (χ2v) is 7.92. The smallest absolute Gasteiger partial charge is 0.244 e. The van der Waals surface area contributed by atoms with Gasteiger partial charge in [0.15, 0.2) is 0 Å². The van der Waals surface area contributed by atoms with Gasteiger partial charge in [0.2, 0.25) is 5.91 Å². The summed E-state index contributed by atoms with van der Waals surface area (Å²) in [6.45, 7) is 4.10. The lowest BCUT2D eigenvalue weighted by molar-refractivity contribution is -0.120. The SMILES string of the molecule is Cc1cc(/C=N\NC(=O)Cc2ccc(Cl)cc2)c(C)n1-c1ccc(I)cc1. The number of nitrogens with one attached hydrogen (secondary N) is 1. The number of benzene rings is 2. The van der Waals surface area contributed by atoms with Crippen molar-refractivity contribution in [3.8, 4) is 5.69 Å². The molecule has 1 N–H and O–H groups in total. The molecule has 1 heterocycles. The molecule has 0 fully saturated rings. The first-order valence-corrected chi connectivity index (χ1v) is 9.91. The van der Waals surface area contributed by atoms with Crippen LogP contribution >= 0.6 is 34.2 Å².